The lowest BCUT2D eigenvalue weighted by molar-refractivity contribution is -0.144. The molecule has 2 heterocycles. The van der Waals surface area contributed by atoms with Crippen molar-refractivity contribution in [2.75, 3.05) is 39.3 Å². The molecule has 3 amide bonds. The zero-order chi connectivity index (χ0) is 22.0. The molecule has 6 heteroatoms. The van der Waals surface area contributed by atoms with Crippen LogP contribution in [-0.2, 0) is 9.59 Å². The maximum Gasteiger partial charge on any atom is 0.254 e. The SMILES string of the molecule is CC(C)C(=O)N1CCN(C(=O)C2CCCN(C(=O)c3cccc4ccccc34)C2)CC1. The summed E-state index contributed by atoms with van der Waals surface area (Å²) in [6, 6.07) is 13.7. The second kappa shape index (κ2) is 9.08. The number of fused-ring (bicyclic) bond motifs is 1. The van der Waals surface area contributed by atoms with Crippen molar-refractivity contribution in [1.29, 1.82) is 0 Å². The van der Waals surface area contributed by atoms with E-state index in [1.54, 1.807) is 0 Å². The van der Waals surface area contributed by atoms with Crippen molar-refractivity contribution < 1.29 is 14.4 Å². The number of carbonyl (C=O) groups is 3. The Kier molecular flexibility index (Phi) is 6.25. The molecule has 164 valence electrons. The van der Waals surface area contributed by atoms with Gasteiger partial charge < -0.3 is 14.7 Å². The van der Waals surface area contributed by atoms with Gasteiger partial charge in [-0.3, -0.25) is 14.4 Å². The first-order valence-electron chi connectivity index (χ1n) is 11.3. The van der Waals surface area contributed by atoms with Gasteiger partial charge >= 0.3 is 0 Å². The summed E-state index contributed by atoms with van der Waals surface area (Å²) in [7, 11) is 0. The molecule has 0 saturated carbocycles. The molecule has 6 nitrogen and oxygen atoms in total. The van der Waals surface area contributed by atoms with Crippen molar-refractivity contribution >= 4 is 28.5 Å². The Morgan fingerprint density at radius 3 is 2.26 bits per heavy atom. The fourth-order valence-electron chi connectivity index (χ4n) is 4.72. The minimum Gasteiger partial charge on any atom is -0.339 e. The van der Waals surface area contributed by atoms with Crippen LogP contribution in [0.4, 0.5) is 0 Å². The van der Waals surface area contributed by atoms with Gasteiger partial charge in [-0.2, -0.15) is 0 Å². The highest BCUT2D eigenvalue weighted by molar-refractivity contribution is 6.07. The fourth-order valence-corrected chi connectivity index (χ4v) is 4.72. The van der Waals surface area contributed by atoms with Crippen LogP contribution in [0, 0.1) is 11.8 Å². The van der Waals surface area contributed by atoms with Gasteiger partial charge in [0.1, 0.15) is 0 Å². The van der Waals surface area contributed by atoms with Gasteiger partial charge in [-0.1, -0.05) is 50.2 Å². The largest absolute Gasteiger partial charge is 0.339 e. The third-order valence-corrected chi connectivity index (χ3v) is 6.47. The van der Waals surface area contributed by atoms with Crippen molar-refractivity contribution in [1.82, 2.24) is 14.7 Å². The first-order chi connectivity index (χ1) is 15.0. The summed E-state index contributed by atoms with van der Waals surface area (Å²) in [6.07, 6.45) is 1.64. The number of hydrogen-bond acceptors (Lipinski definition) is 3. The third kappa shape index (κ3) is 4.43. The fraction of sp³-hybridized carbons (Fsp3) is 0.480. The van der Waals surface area contributed by atoms with E-state index in [1.807, 2.05) is 71.0 Å². The first-order valence-corrected chi connectivity index (χ1v) is 11.3. The Balaban J connectivity index is 1.41. The Hall–Kier alpha value is -2.89. The van der Waals surface area contributed by atoms with Crippen LogP contribution in [-0.4, -0.2) is 71.7 Å². The number of nitrogens with zero attached hydrogens (tertiary/aromatic N) is 3. The number of likely N-dealkylation sites (tertiary alicyclic amines) is 1. The zero-order valence-corrected chi connectivity index (χ0v) is 18.4. The van der Waals surface area contributed by atoms with E-state index in [2.05, 4.69) is 0 Å². The summed E-state index contributed by atoms with van der Waals surface area (Å²) in [5, 5.41) is 2.00. The van der Waals surface area contributed by atoms with Gasteiger partial charge in [0, 0.05) is 50.7 Å². The van der Waals surface area contributed by atoms with Crippen LogP contribution in [0.1, 0.15) is 37.0 Å². The molecule has 0 bridgehead atoms. The minimum absolute atomic E-state index is 0.00153. The lowest BCUT2D eigenvalue weighted by Gasteiger charge is -2.39. The molecular formula is C25H31N3O3. The highest BCUT2D eigenvalue weighted by atomic mass is 16.2. The lowest BCUT2D eigenvalue weighted by atomic mass is 9.95. The van der Waals surface area contributed by atoms with Crippen molar-refractivity contribution in [2.45, 2.75) is 26.7 Å². The second-order valence-electron chi connectivity index (χ2n) is 8.92. The van der Waals surface area contributed by atoms with E-state index in [-0.39, 0.29) is 29.6 Å². The molecular weight excluding hydrogens is 390 g/mol. The van der Waals surface area contributed by atoms with Crippen LogP contribution in [0.15, 0.2) is 42.5 Å². The molecule has 1 atom stereocenters. The maximum absolute atomic E-state index is 13.3. The van der Waals surface area contributed by atoms with Crippen LogP contribution < -0.4 is 0 Å². The average Bonchev–Trinajstić information content (AvgIpc) is 2.82. The van der Waals surface area contributed by atoms with Crippen molar-refractivity contribution in [3.05, 3.63) is 48.0 Å². The van der Waals surface area contributed by atoms with Gasteiger partial charge in [0.15, 0.2) is 0 Å². The predicted molar refractivity (Wildman–Crippen MR) is 121 cm³/mol. The molecule has 31 heavy (non-hydrogen) atoms. The van der Waals surface area contributed by atoms with Crippen LogP contribution >= 0.6 is 0 Å². The highest BCUT2D eigenvalue weighted by Gasteiger charge is 2.34. The van der Waals surface area contributed by atoms with Crippen LogP contribution in [0.25, 0.3) is 10.8 Å². The summed E-state index contributed by atoms with van der Waals surface area (Å²) in [6.45, 7) is 7.29. The summed E-state index contributed by atoms with van der Waals surface area (Å²) >= 11 is 0. The lowest BCUT2D eigenvalue weighted by Crippen LogP contribution is -2.54. The third-order valence-electron chi connectivity index (χ3n) is 6.47. The molecule has 2 aromatic rings. The molecule has 2 saturated heterocycles. The van der Waals surface area contributed by atoms with E-state index in [0.717, 1.165) is 23.6 Å². The molecule has 0 aromatic heterocycles. The number of rotatable bonds is 3. The molecule has 0 radical (unpaired) electrons. The van der Waals surface area contributed by atoms with Crippen LogP contribution in [0.3, 0.4) is 0 Å². The zero-order valence-electron chi connectivity index (χ0n) is 18.4. The van der Waals surface area contributed by atoms with E-state index >= 15 is 0 Å². The van der Waals surface area contributed by atoms with E-state index in [4.69, 9.17) is 0 Å². The monoisotopic (exact) mass is 421 g/mol. The van der Waals surface area contributed by atoms with Crippen LogP contribution in [0.2, 0.25) is 0 Å². The number of carbonyl (C=O) groups excluding carboxylic acids is 3. The molecule has 0 N–H and O–H groups in total. The molecule has 4 rings (SSSR count). The second-order valence-corrected chi connectivity index (χ2v) is 8.92. The smallest absolute Gasteiger partial charge is 0.254 e. The van der Waals surface area contributed by atoms with E-state index in [1.165, 1.54) is 0 Å². The van der Waals surface area contributed by atoms with E-state index < -0.39 is 0 Å². The van der Waals surface area contributed by atoms with Gasteiger partial charge in [0.2, 0.25) is 11.8 Å². The predicted octanol–water partition coefficient (Wildman–Crippen LogP) is 3.02. The summed E-state index contributed by atoms with van der Waals surface area (Å²) < 4.78 is 0. The summed E-state index contributed by atoms with van der Waals surface area (Å²) in [5.41, 5.74) is 0.701. The number of benzene rings is 2. The molecule has 2 aliphatic rings. The average molecular weight is 422 g/mol. The summed E-state index contributed by atoms with van der Waals surface area (Å²) in [4.78, 5) is 44.2. The Morgan fingerprint density at radius 2 is 1.52 bits per heavy atom. The standard InChI is InChI=1S/C25H31N3O3/c1-18(2)23(29)26-13-15-27(16-14-26)24(30)20-9-6-12-28(17-20)25(31)22-11-5-8-19-7-3-4-10-21(19)22/h3-5,7-8,10-11,18,20H,6,9,12-17H2,1-2H3. The van der Waals surface area contributed by atoms with Gasteiger partial charge in [0.05, 0.1) is 5.92 Å². The molecule has 0 aliphatic carbocycles. The van der Waals surface area contributed by atoms with E-state index in [9.17, 15) is 14.4 Å². The summed E-state index contributed by atoms with van der Waals surface area (Å²) in [5.74, 6) is 0.0830. The van der Waals surface area contributed by atoms with Crippen molar-refractivity contribution in [3.63, 3.8) is 0 Å². The molecule has 2 aromatic carbocycles. The number of piperazine rings is 1. The van der Waals surface area contributed by atoms with Crippen molar-refractivity contribution in [3.8, 4) is 0 Å². The molecule has 2 aliphatic heterocycles. The Morgan fingerprint density at radius 1 is 0.839 bits per heavy atom. The van der Waals surface area contributed by atoms with Crippen molar-refractivity contribution in [2.24, 2.45) is 11.8 Å². The van der Waals surface area contributed by atoms with Gasteiger partial charge in [-0.25, -0.2) is 0 Å². The molecule has 0 spiro atoms. The highest BCUT2D eigenvalue weighted by Crippen LogP contribution is 2.25. The maximum atomic E-state index is 13.3. The topological polar surface area (TPSA) is 60.9 Å². The molecule has 1 unspecified atom stereocenters. The normalized spacial score (nSPS) is 19.7. The van der Waals surface area contributed by atoms with Gasteiger partial charge in [0.25, 0.3) is 5.91 Å². The molecule has 2 fully saturated rings. The first kappa shape index (κ1) is 21.3. The number of piperidine rings is 1. The van der Waals surface area contributed by atoms with Gasteiger partial charge in [-0.15, -0.1) is 0 Å². The Labute approximate surface area is 183 Å². The minimum atomic E-state index is -0.167. The van der Waals surface area contributed by atoms with Gasteiger partial charge in [-0.05, 0) is 29.7 Å². The van der Waals surface area contributed by atoms with E-state index in [0.29, 0.717) is 44.8 Å². The number of amides is 3. The number of hydrogen-bond donors (Lipinski definition) is 0. The quantitative estimate of drug-likeness (QED) is 0.765. The Bertz CT molecular complexity index is 974. The van der Waals surface area contributed by atoms with Crippen LogP contribution in [0.5, 0.6) is 0 Å².